The van der Waals surface area contributed by atoms with Crippen LogP contribution in [0.5, 0.6) is 0 Å². The van der Waals surface area contributed by atoms with Crippen LogP contribution < -0.4 is 0 Å². The van der Waals surface area contributed by atoms with Gasteiger partial charge in [0.15, 0.2) is 0 Å². The van der Waals surface area contributed by atoms with Crippen LogP contribution in [-0.4, -0.2) is 59.0 Å². The van der Waals surface area contributed by atoms with Crippen LogP contribution in [0.25, 0.3) is 0 Å². The Morgan fingerprint density at radius 1 is 1.19 bits per heavy atom. The van der Waals surface area contributed by atoms with Crippen LogP contribution in [0.15, 0.2) is 10.3 Å². The number of sulfonamides is 1. The molecular weight excluding hydrogens is 370 g/mol. The summed E-state index contributed by atoms with van der Waals surface area (Å²) in [5.74, 6) is 0. The first-order valence-corrected chi connectivity index (χ1v) is 11.1. The standard InChI is InChI=1S/C17H27N5O2S2/c1-12-16(13(2)20-19-12)26(23,24)22-8-6-21(7-9-22)10-15-18-14(11-25-15)17(3,4)5/h11H,6-10H2,1-5H3,(H,19,20). The van der Waals surface area contributed by atoms with Crippen molar-refractivity contribution in [3.8, 4) is 0 Å². The molecule has 0 saturated carbocycles. The van der Waals surface area contributed by atoms with Gasteiger partial charge in [0.2, 0.25) is 10.0 Å². The van der Waals surface area contributed by atoms with Crippen molar-refractivity contribution in [3.63, 3.8) is 0 Å². The van der Waals surface area contributed by atoms with Crippen molar-refractivity contribution in [3.05, 3.63) is 27.5 Å². The lowest BCUT2D eigenvalue weighted by atomic mass is 9.93. The molecule has 144 valence electrons. The Kier molecular flexibility index (Phi) is 5.26. The number of nitrogens with one attached hydrogen (secondary N) is 1. The van der Waals surface area contributed by atoms with Gasteiger partial charge in [-0.2, -0.15) is 9.40 Å². The summed E-state index contributed by atoms with van der Waals surface area (Å²) < 4.78 is 27.4. The second-order valence-electron chi connectivity index (χ2n) is 7.82. The van der Waals surface area contributed by atoms with E-state index in [4.69, 9.17) is 4.98 Å². The fourth-order valence-electron chi connectivity index (χ4n) is 3.10. The minimum absolute atomic E-state index is 0.0574. The van der Waals surface area contributed by atoms with Gasteiger partial charge in [-0.3, -0.25) is 10.00 Å². The third-order valence-corrected chi connectivity index (χ3v) is 7.66. The molecule has 0 aliphatic carbocycles. The Morgan fingerprint density at radius 3 is 2.35 bits per heavy atom. The largest absolute Gasteiger partial charge is 0.294 e. The van der Waals surface area contributed by atoms with Gasteiger partial charge in [-0.1, -0.05) is 20.8 Å². The lowest BCUT2D eigenvalue weighted by molar-refractivity contribution is 0.181. The van der Waals surface area contributed by atoms with Crippen molar-refractivity contribution in [1.29, 1.82) is 0 Å². The molecule has 2 aromatic heterocycles. The van der Waals surface area contributed by atoms with Crippen molar-refractivity contribution in [1.82, 2.24) is 24.4 Å². The normalized spacial score (nSPS) is 17.7. The van der Waals surface area contributed by atoms with Crippen LogP contribution in [-0.2, 0) is 22.0 Å². The van der Waals surface area contributed by atoms with E-state index < -0.39 is 10.0 Å². The van der Waals surface area contributed by atoms with Gasteiger partial charge in [0.1, 0.15) is 9.90 Å². The first-order valence-electron chi connectivity index (χ1n) is 8.78. The molecule has 26 heavy (non-hydrogen) atoms. The molecule has 9 heteroatoms. The predicted molar refractivity (Wildman–Crippen MR) is 103 cm³/mol. The molecule has 1 saturated heterocycles. The second-order valence-corrected chi connectivity index (χ2v) is 10.6. The first-order chi connectivity index (χ1) is 12.1. The van der Waals surface area contributed by atoms with Crippen molar-refractivity contribution in [2.45, 2.75) is 51.5 Å². The lowest BCUT2D eigenvalue weighted by Crippen LogP contribution is -2.48. The zero-order chi connectivity index (χ0) is 19.1. The number of aromatic nitrogens is 3. The Bertz CT molecular complexity index is 852. The van der Waals surface area contributed by atoms with Crippen LogP contribution in [0.3, 0.4) is 0 Å². The van der Waals surface area contributed by atoms with Gasteiger partial charge in [0.25, 0.3) is 0 Å². The first kappa shape index (κ1) is 19.5. The summed E-state index contributed by atoms with van der Waals surface area (Å²) in [6, 6.07) is 0. The quantitative estimate of drug-likeness (QED) is 0.856. The number of aromatic amines is 1. The molecule has 0 spiro atoms. The lowest BCUT2D eigenvalue weighted by Gasteiger charge is -2.33. The highest BCUT2D eigenvalue weighted by molar-refractivity contribution is 7.89. The number of thiazole rings is 1. The van der Waals surface area contributed by atoms with Crippen molar-refractivity contribution < 1.29 is 8.42 Å². The topological polar surface area (TPSA) is 82.2 Å². The average Bonchev–Trinajstić information content (AvgIpc) is 3.14. The van der Waals surface area contributed by atoms with Gasteiger partial charge in [0, 0.05) is 37.0 Å². The fourth-order valence-corrected chi connectivity index (χ4v) is 5.91. The molecule has 7 nitrogen and oxygen atoms in total. The monoisotopic (exact) mass is 397 g/mol. The van der Waals surface area contributed by atoms with E-state index in [0.717, 1.165) is 17.2 Å². The van der Waals surface area contributed by atoms with Gasteiger partial charge < -0.3 is 0 Å². The summed E-state index contributed by atoms with van der Waals surface area (Å²) in [5.41, 5.74) is 2.30. The predicted octanol–water partition coefficient (Wildman–Crippen LogP) is 2.29. The molecule has 0 aromatic carbocycles. The molecule has 0 radical (unpaired) electrons. The van der Waals surface area contributed by atoms with Crippen molar-refractivity contribution in [2.24, 2.45) is 0 Å². The van der Waals surface area contributed by atoms with Crippen LogP contribution >= 0.6 is 11.3 Å². The number of rotatable bonds is 4. The molecule has 0 unspecified atom stereocenters. The average molecular weight is 398 g/mol. The molecule has 3 heterocycles. The molecule has 1 fully saturated rings. The zero-order valence-corrected chi connectivity index (χ0v) is 17.7. The molecule has 1 aliphatic heterocycles. The van der Waals surface area contributed by atoms with Crippen molar-refractivity contribution >= 4 is 21.4 Å². The third-order valence-electron chi connectivity index (χ3n) is 4.67. The Hall–Kier alpha value is -1.29. The highest BCUT2D eigenvalue weighted by Gasteiger charge is 2.32. The number of aryl methyl sites for hydroxylation is 2. The fraction of sp³-hybridized carbons (Fsp3) is 0.647. The van der Waals surface area contributed by atoms with E-state index in [1.54, 1.807) is 29.5 Å². The summed E-state index contributed by atoms with van der Waals surface area (Å²) >= 11 is 1.68. The van der Waals surface area contributed by atoms with E-state index in [0.29, 0.717) is 42.5 Å². The number of piperazine rings is 1. The van der Waals surface area contributed by atoms with E-state index in [2.05, 4.69) is 41.2 Å². The van der Waals surface area contributed by atoms with Gasteiger partial charge in [0.05, 0.1) is 23.6 Å². The Balaban J connectivity index is 1.63. The van der Waals surface area contributed by atoms with Crippen LogP contribution in [0, 0.1) is 13.8 Å². The van der Waals surface area contributed by atoms with Gasteiger partial charge >= 0.3 is 0 Å². The van der Waals surface area contributed by atoms with Crippen LogP contribution in [0.4, 0.5) is 0 Å². The molecular formula is C17H27N5O2S2. The SMILES string of the molecule is Cc1n[nH]c(C)c1S(=O)(=O)N1CCN(Cc2nc(C(C)(C)C)cs2)CC1. The maximum Gasteiger partial charge on any atom is 0.246 e. The van der Waals surface area contributed by atoms with Crippen LogP contribution in [0.1, 0.15) is 42.9 Å². The number of nitrogens with zero attached hydrogens (tertiary/aromatic N) is 4. The summed E-state index contributed by atoms with van der Waals surface area (Å²) in [6.45, 7) is 13.1. The molecule has 0 amide bonds. The maximum atomic E-state index is 12.9. The summed E-state index contributed by atoms with van der Waals surface area (Å²) in [4.78, 5) is 7.33. The van der Waals surface area contributed by atoms with E-state index in [1.807, 2.05) is 0 Å². The third kappa shape index (κ3) is 3.85. The van der Waals surface area contributed by atoms with E-state index in [9.17, 15) is 8.42 Å². The van der Waals surface area contributed by atoms with Gasteiger partial charge in [-0.05, 0) is 13.8 Å². The number of hydrogen-bond donors (Lipinski definition) is 1. The maximum absolute atomic E-state index is 12.9. The van der Waals surface area contributed by atoms with E-state index >= 15 is 0 Å². The molecule has 3 rings (SSSR count). The summed E-state index contributed by atoms with van der Waals surface area (Å²) in [6.07, 6.45) is 0. The minimum Gasteiger partial charge on any atom is -0.294 e. The molecule has 0 atom stereocenters. The van der Waals surface area contributed by atoms with E-state index in [1.165, 1.54) is 0 Å². The van der Waals surface area contributed by atoms with Crippen LogP contribution in [0.2, 0.25) is 0 Å². The van der Waals surface area contributed by atoms with E-state index in [-0.39, 0.29) is 5.41 Å². The molecule has 2 aromatic rings. The van der Waals surface area contributed by atoms with Crippen molar-refractivity contribution in [2.75, 3.05) is 26.2 Å². The molecule has 1 N–H and O–H groups in total. The minimum atomic E-state index is -3.49. The summed E-state index contributed by atoms with van der Waals surface area (Å²) in [5, 5.41) is 10.0. The molecule has 0 bridgehead atoms. The second kappa shape index (κ2) is 7.03. The van der Waals surface area contributed by atoms with Gasteiger partial charge in [-0.25, -0.2) is 13.4 Å². The molecule has 1 aliphatic rings. The highest BCUT2D eigenvalue weighted by Crippen LogP contribution is 2.26. The number of H-pyrrole nitrogens is 1. The zero-order valence-electron chi connectivity index (χ0n) is 16.0. The smallest absolute Gasteiger partial charge is 0.246 e. The highest BCUT2D eigenvalue weighted by atomic mass is 32.2. The Morgan fingerprint density at radius 2 is 1.85 bits per heavy atom. The van der Waals surface area contributed by atoms with Gasteiger partial charge in [-0.15, -0.1) is 11.3 Å². The number of hydrogen-bond acceptors (Lipinski definition) is 6. The Labute approximate surface area is 159 Å². The summed E-state index contributed by atoms with van der Waals surface area (Å²) in [7, 11) is -3.49.